The van der Waals surface area contributed by atoms with Crippen molar-refractivity contribution in [1.82, 2.24) is 0 Å². The van der Waals surface area contributed by atoms with Gasteiger partial charge in [0.1, 0.15) is 5.82 Å². The molecule has 0 fully saturated rings. The zero-order valence-corrected chi connectivity index (χ0v) is 16.2. The van der Waals surface area contributed by atoms with Crippen LogP contribution in [0.15, 0.2) is 91.5 Å². The Bertz CT molecular complexity index is 937. The molecule has 0 aliphatic carbocycles. The molecule has 0 radical (unpaired) electrons. The van der Waals surface area contributed by atoms with Gasteiger partial charge in [0.2, 0.25) is 0 Å². The second kappa shape index (κ2) is 9.82. The SMILES string of the molecule is C=CCc1ccc(-c2ccc(-c3ccc(COCC=CC)cc3F)cc2)cc1. The Morgan fingerprint density at radius 2 is 1.46 bits per heavy atom. The lowest BCUT2D eigenvalue weighted by molar-refractivity contribution is 0.148. The van der Waals surface area contributed by atoms with E-state index in [4.69, 9.17) is 4.74 Å². The third-order valence-electron chi connectivity index (χ3n) is 4.62. The molecule has 1 nitrogen and oxygen atoms in total. The first-order valence-electron chi connectivity index (χ1n) is 9.49. The van der Waals surface area contributed by atoms with Gasteiger partial charge < -0.3 is 4.74 Å². The van der Waals surface area contributed by atoms with Crippen LogP contribution in [-0.2, 0) is 17.8 Å². The van der Waals surface area contributed by atoms with Crippen molar-refractivity contribution in [2.24, 2.45) is 0 Å². The number of allylic oxidation sites excluding steroid dienone is 2. The number of hydrogen-bond acceptors (Lipinski definition) is 1. The maximum atomic E-state index is 14.6. The Balaban J connectivity index is 1.73. The van der Waals surface area contributed by atoms with Crippen LogP contribution in [0.25, 0.3) is 22.3 Å². The van der Waals surface area contributed by atoms with Gasteiger partial charge in [0.05, 0.1) is 13.2 Å². The first-order chi connectivity index (χ1) is 13.7. The van der Waals surface area contributed by atoms with E-state index in [-0.39, 0.29) is 5.82 Å². The molecule has 0 aromatic heterocycles. The largest absolute Gasteiger partial charge is 0.373 e. The molecular weight excluding hydrogens is 347 g/mol. The lowest BCUT2D eigenvalue weighted by Crippen LogP contribution is -1.95. The van der Waals surface area contributed by atoms with Crippen LogP contribution in [0.3, 0.4) is 0 Å². The van der Waals surface area contributed by atoms with Gasteiger partial charge in [-0.05, 0) is 47.2 Å². The molecule has 0 spiro atoms. The van der Waals surface area contributed by atoms with Crippen LogP contribution in [-0.4, -0.2) is 6.61 Å². The summed E-state index contributed by atoms with van der Waals surface area (Å²) in [6.07, 6.45) is 6.63. The molecule has 0 saturated heterocycles. The summed E-state index contributed by atoms with van der Waals surface area (Å²) >= 11 is 0. The van der Waals surface area contributed by atoms with Gasteiger partial charge >= 0.3 is 0 Å². The lowest BCUT2D eigenvalue weighted by atomic mass is 9.98. The van der Waals surface area contributed by atoms with Crippen LogP contribution in [0.2, 0.25) is 0 Å². The average Bonchev–Trinajstić information content (AvgIpc) is 2.72. The molecule has 0 saturated carbocycles. The maximum absolute atomic E-state index is 14.6. The fourth-order valence-electron chi connectivity index (χ4n) is 3.07. The minimum Gasteiger partial charge on any atom is -0.373 e. The zero-order valence-electron chi connectivity index (χ0n) is 16.2. The summed E-state index contributed by atoms with van der Waals surface area (Å²) in [6, 6.07) is 21.7. The summed E-state index contributed by atoms with van der Waals surface area (Å²) in [6.45, 7) is 6.66. The summed E-state index contributed by atoms with van der Waals surface area (Å²) in [5.41, 5.74) is 5.81. The molecule has 2 heteroatoms. The van der Waals surface area contributed by atoms with E-state index in [9.17, 15) is 4.39 Å². The zero-order chi connectivity index (χ0) is 19.8. The number of ether oxygens (including phenoxy) is 1. The molecular formula is C26H25FO. The Morgan fingerprint density at radius 1 is 0.857 bits per heavy atom. The van der Waals surface area contributed by atoms with Gasteiger partial charge in [0.25, 0.3) is 0 Å². The molecule has 0 unspecified atom stereocenters. The van der Waals surface area contributed by atoms with Crippen molar-refractivity contribution in [1.29, 1.82) is 0 Å². The highest BCUT2D eigenvalue weighted by Gasteiger charge is 2.07. The predicted molar refractivity (Wildman–Crippen MR) is 116 cm³/mol. The quantitative estimate of drug-likeness (QED) is 0.306. The van der Waals surface area contributed by atoms with Crippen LogP contribution < -0.4 is 0 Å². The first-order valence-corrected chi connectivity index (χ1v) is 9.49. The summed E-state index contributed by atoms with van der Waals surface area (Å²) in [4.78, 5) is 0. The highest BCUT2D eigenvalue weighted by molar-refractivity contribution is 5.71. The molecule has 0 amide bonds. The summed E-state index contributed by atoms with van der Waals surface area (Å²) in [5.74, 6) is -0.228. The monoisotopic (exact) mass is 372 g/mol. The minimum absolute atomic E-state index is 0.228. The Morgan fingerprint density at radius 3 is 2.07 bits per heavy atom. The maximum Gasteiger partial charge on any atom is 0.131 e. The Hall–Kier alpha value is -2.97. The summed E-state index contributed by atoms with van der Waals surface area (Å²) < 4.78 is 20.1. The van der Waals surface area contributed by atoms with Crippen LogP contribution in [0.4, 0.5) is 4.39 Å². The molecule has 0 bridgehead atoms. The highest BCUT2D eigenvalue weighted by atomic mass is 19.1. The van der Waals surface area contributed by atoms with Crippen molar-refractivity contribution >= 4 is 0 Å². The summed E-state index contributed by atoms with van der Waals surface area (Å²) in [7, 11) is 0. The number of rotatable bonds is 8. The van der Waals surface area contributed by atoms with Crippen LogP contribution >= 0.6 is 0 Å². The molecule has 0 heterocycles. The Labute approximate surface area is 166 Å². The molecule has 28 heavy (non-hydrogen) atoms. The molecule has 3 rings (SSSR count). The van der Waals surface area contributed by atoms with Gasteiger partial charge in [0.15, 0.2) is 0 Å². The lowest BCUT2D eigenvalue weighted by Gasteiger charge is -2.09. The number of hydrogen-bond donors (Lipinski definition) is 0. The van der Waals surface area contributed by atoms with Crippen molar-refractivity contribution < 1.29 is 9.13 Å². The van der Waals surface area contributed by atoms with Crippen LogP contribution in [0.1, 0.15) is 18.1 Å². The van der Waals surface area contributed by atoms with Gasteiger partial charge in [-0.15, -0.1) is 6.58 Å². The van der Waals surface area contributed by atoms with E-state index in [0.717, 1.165) is 28.7 Å². The fraction of sp³-hybridized carbons (Fsp3) is 0.154. The van der Waals surface area contributed by atoms with Crippen LogP contribution in [0.5, 0.6) is 0 Å². The molecule has 142 valence electrons. The smallest absolute Gasteiger partial charge is 0.131 e. The van der Waals surface area contributed by atoms with E-state index in [0.29, 0.717) is 18.8 Å². The van der Waals surface area contributed by atoms with Gasteiger partial charge in [-0.1, -0.05) is 78.9 Å². The topological polar surface area (TPSA) is 9.23 Å². The van der Waals surface area contributed by atoms with Crippen molar-refractivity contribution in [2.75, 3.05) is 6.61 Å². The number of benzene rings is 3. The van der Waals surface area contributed by atoms with Crippen molar-refractivity contribution in [3.8, 4) is 22.3 Å². The molecule has 0 aliphatic heterocycles. The second-order valence-electron chi connectivity index (χ2n) is 6.67. The van der Waals surface area contributed by atoms with Crippen LogP contribution in [0, 0.1) is 5.82 Å². The van der Waals surface area contributed by atoms with Crippen molar-refractivity contribution in [3.05, 3.63) is 108 Å². The van der Waals surface area contributed by atoms with E-state index in [2.05, 4.69) is 30.8 Å². The van der Waals surface area contributed by atoms with E-state index < -0.39 is 0 Å². The van der Waals surface area contributed by atoms with Gasteiger partial charge in [-0.2, -0.15) is 0 Å². The van der Waals surface area contributed by atoms with Gasteiger partial charge in [-0.3, -0.25) is 0 Å². The normalized spacial score (nSPS) is 11.1. The second-order valence-corrected chi connectivity index (χ2v) is 6.67. The van der Waals surface area contributed by atoms with E-state index in [1.165, 1.54) is 5.56 Å². The first kappa shape index (κ1) is 19.8. The molecule has 0 atom stereocenters. The highest BCUT2D eigenvalue weighted by Crippen LogP contribution is 2.27. The van der Waals surface area contributed by atoms with E-state index in [1.54, 1.807) is 6.07 Å². The van der Waals surface area contributed by atoms with Gasteiger partial charge in [0, 0.05) is 5.56 Å². The fourth-order valence-corrected chi connectivity index (χ4v) is 3.07. The third-order valence-corrected chi connectivity index (χ3v) is 4.62. The van der Waals surface area contributed by atoms with Crippen molar-refractivity contribution in [3.63, 3.8) is 0 Å². The van der Waals surface area contributed by atoms with E-state index >= 15 is 0 Å². The van der Waals surface area contributed by atoms with Crippen molar-refractivity contribution in [2.45, 2.75) is 20.0 Å². The van der Waals surface area contributed by atoms with Gasteiger partial charge in [-0.25, -0.2) is 4.39 Å². The minimum atomic E-state index is -0.228. The molecule has 3 aromatic carbocycles. The third kappa shape index (κ3) is 5.05. The average molecular weight is 372 g/mol. The van der Waals surface area contributed by atoms with E-state index in [1.807, 2.05) is 61.5 Å². The predicted octanol–water partition coefficient (Wildman–Crippen LogP) is 6.98. The standard InChI is InChI=1S/C26H25FO/c1-3-5-17-28-19-21-9-16-25(26(27)18-21)24-14-12-23(13-15-24)22-10-7-20(6-4-2)8-11-22/h3-5,7-16,18H,2,6,17,19H2,1H3. The summed E-state index contributed by atoms with van der Waals surface area (Å²) in [5, 5.41) is 0. The molecule has 0 aliphatic rings. The molecule has 0 N–H and O–H groups in total. The Kier molecular flexibility index (Phi) is 6.94. The molecule has 3 aromatic rings. The number of halogens is 1.